The van der Waals surface area contributed by atoms with Gasteiger partial charge in [-0.3, -0.25) is 9.59 Å². The first-order chi connectivity index (χ1) is 16.0. The molecule has 2 fully saturated rings. The number of aromatic nitrogens is 4. The molecule has 6 rings (SSSR count). The van der Waals surface area contributed by atoms with Crippen LogP contribution < -0.4 is 0 Å². The summed E-state index contributed by atoms with van der Waals surface area (Å²) in [6, 6.07) is 16.7. The Morgan fingerprint density at radius 3 is 2.70 bits per heavy atom. The number of rotatable bonds is 5. The molecule has 3 aliphatic rings. The molecular formula is C24H21N5O4. The van der Waals surface area contributed by atoms with E-state index in [9.17, 15) is 14.7 Å². The zero-order chi connectivity index (χ0) is 22.7. The third kappa shape index (κ3) is 2.78. The molecule has 1 spiro atoms. The molecular weight excluding hydrogens is 422 g/mol. The number of para-hydroxylation sites is 1. The molecule has 9 nitrogen and oxygen atoms in total. The minimum atomic E-state index is -1.02. The molecule has 0 aliphatic carbocycles. The zero-order valence-corrected chi connectivity index (χ0v) is 17.8. The van der Waals surface area contributed by atoms with Crippen LogP contribution in [0.2, 0.25) is 0 Å². The zero-order valence-electron chi connectivity index (χ0n) is 17.8. The molecule has 0 saturated carbocycles. The summed E-state index contributed by atoms with van der Waals surface area (Å²) in [6.45, 7) is 2.20. The molecule has 166 valence electrons. The van der Waals surface area contributed by atoms with Gasteiger partial charge < -0.3 is 14.7 Å². The predicted molar refractivity (Wildman–Crippen MR) is 115 cm³/mol. The van der Waals surface area contributed by atoms with Crippen molar-refractivity contribution in [2.75, 3.05) is 6.54 Å². The first-order valence-electron chi connectivity index (χ1n) is 10.8. The van der Waals surface area contributed by atoms with Gasteiger partial charge in [-0.05, 0) is 34.5 Å². The molecule has 33 heavy (non-hydrogen) atoms. The summed E-state index contributed by atoms with van der Waals surface area (Å²) in [4.78, 5) is 27.5. The van der Waals surface area contributed by atoms with Crippen LogP contribution in [-0.4, -0.2) is 60.3 Å². The van der Waals surface area contributed by atoms with Gasteiger partial charge in [0.2, 0.25) is 5.91 Å². The third-order valence-electron chi connectivity index (χ3n) is 6.92. The highest BCUT2D eigenvalue weighted by Crippen LogP contribution is 2.53. The largest absolute Gasteiger partial charge is 0.481 e. The molecule has 2 aromatic carbocycles. The van der Waals surface area contributed by atoms with Crippen molar-refractivity contribution in [3.05, 3.63) is 83.7 Å². The van der Waals surface area contributed by atoms with Gasteiger partial charge in [0, 0.05) is 0 Å². The van der Waals surface area contributed by atoms with Gasteiger partial charge in [-0.15, -0.1) is 5.10 Å². The van der Waals surface area contributed by atoms with Crippen molar-refractivity contribution >= 4 is 11.9 Å². The highest BCUT2D eigenvalue weighted by molar-refractivity contribution is 5.91. The fourth-order valence-electron chi connectivity index (χ4n) is 5.47. The minimum Gasteiger partial charge on any atom is -0.481 e. The summed E-state index contributed by atoms with van der Waals surface area (Å²) < 4.78 is 7.73. The van der Waals surface area contributed by atoms with Crippen LogP contribution in [0.5, 0.6) is 0 Å². The van der Waals surface area contributed by atoms with Gasteiger partial charge in [0.15, 0.2) is 5.82 Å². The monoisotopic (exact) mass is 443 g/mol. The highest BCUT2D eigenvalue weighted by Gasteiger charge is 2.68. The quantitative estimate of drug-likeness (QED) is 0.600. The van der Waals surface area contributed by atoms with Crippen LogP contribution >= 0.6 is 0 Å². The van der Waals surface area contributed by atoms with E-state index in [1.54, 1.807) is 15.7 Å². The maximum atomic E-state index is 13.8. The number of aryl methyl sites for hydroxylation is 1. The van der Waals surface area contributed by atoms with Crippen LogP contribution in [0.15, 0.2) is 66.7 Å². The number of nitrogens with zero attached hydrogens (tertiary/aromatic N) is 5. The number of ether oxygens (including phenoxy) is 1. The second kappa shape index (κ2) is 7.08. The Morgan fingerprint density at radius 1 is 1.18 bits per heavy atom. The van der Waals surface area contributed by atoms with E-state index in [0.717, 1.165) is 16.8 Å². The van der Waals surface area contributed by atoms with E-state index in [4.69, 9.17) is 4.74 Å². The average molecular weight is 443 g/mol. The Bertz CT molecular complexity index is 1290. The smallest absolute Gasteiger partial charge is 0.310 e. The average Bonchev–Trinajstić information content (AvgIpc) is 3.57. The number of carbonyl (C=O) groups excluding carboxylic acids is 1. The Balaban J connectivity index is 1.49. The molecule has 2 saturated heterocycles. The van der Waals surface area contributed by atoms with Gasteiger partial charge >= 0.3 is 5.97 Å². The lowest BCUT2D eigenvalue weighted by atomic mass is 9.77. The van der Waals surface area contributed by atoms with E-state index in [-0.39, 0.29) is 12.5 Å². The summed E-state index contributed by atoms with van der Waals surface area (Å²) in [7, 11) is 0. The van der Waals surface area contributed by atoms with Crippen LogP contribution in [-0.2, 0) is 14.3 Å². The summed E-state index contributed by atoms with van der Waals surface area (Å²) in [5, 5.41) is 22.3. The van der Waals surface area contributed by atoms with E-state index in [1.807, 2.05) is 67.6 Å². The third-order valence-corrected chi connectivity index (χ3v) is 6.92. The van der Waals surface area contributed by atoms with Crippen molar-refractivity contribution in [2.24, 2.45) is 11.8 Å². The predicted octanol–water partition coefficient (Wildman–Crippen LogP) is 1.93. The first-order valence-corrected chi connectivity index (χ1v) is 10.8. The maximum Gasteiger partial charge on any atom is 0.310 e. The molecule has 9 heteroatoms. The van der Waals surface area contributed by atoms with E-state index in [0.29, 0.717) is 5.82 Å². The Kier molecular flexibility index (Phi) is 4.25. The molecule has 5 atom stereocenters. The topological polar surface area (TPSA) is 110 Å². The van der Waals surface area contributed by atoms with Crippen LogP contribution in [0, 0.1) is 18.8 Å². The van der Waals surface area contributed by atoms with E-state index in [2.05, 4.69) is 15.5 Å². The van der Waals surface area contributed by atoms with Crippen LogP contribution in [0.3, 0.4) is 0 Å². The van der Waals surface area contributed by atoms with Crippen molar-refractivity contribution in [3.8, 4) is 5.69 Å². The van der Waals surface area contributed by atoms with Gasteiger partial charge in [-0.2, -0.15) is 4.68 Å². The van der Waals surface area contributed by atoms with Gasteiger partial charge in [-0.25, -0.2) is 0 Å². The fraction of sp³-hybridized carbons (Fsp3) is 0.292. The van der Waals surface area contributed by atoms with Gasteiger partial charge in [-0.1, -0.05) is 60.7 Å². The second-order valence-corrected chi connectivity index (χ2v) is 8.75. The normalized spacial score (nSPS) is 28.3. The molecule has 1 amide bonds. The van der Waals surface area contributed by atoms with E-state index in [1.165, 1.54) is 0 Å². The molecule has 1 aromatic heterocycles. The standard InChI is InChI=1S/C24H21N5O4/c1-14-7-5-6-10-16(14)29-21(25-26-27-29)20(15-8-3-2-4-9-15)28-13-24-12-11-17(33-24)18(23(31)32)19(24)22(28)30/h2-12,17-20H,13H2,1H3,(H,31,32)/t17-,18-,19+,20+,24-/m1/s1. The number of amides is 1. The van der Waals surface area contributed by atoms with E-state index >= 15 is 0 Å². The lowest BCUT2D eigenvalue weighted by Gasteiger charge is -2.29. The van der Waals surface area contributed by atoms with Gasteiger partial charge in [0.1, 0.15) is 17.6 Å². The number of benzene rings is 2. The highest BCUT2D eigenvalue weighted by atomic mass is 16.5. The van der Waals surface area contributed by atoms with E-state index < -0.39 is 35.6 Å². The number of carbonyl (C=O) groups is 2. The van der Waals surface area contributed by atoms with Gasteiger partial charge in [0.25, 0.3) is 0 Å². The van der Waals surface area contributed by atoms with Crippen molar-refractivity contribution in [1.29, 1.82) is 0 Å². The Morgan fingerprint density at radius 2 is 1.94 bits per heavy atom. The number of carboxylic acids is 1. The molecule has 0 radical (unpaired) electrons. The Labute approximate surface area is 189 Å². The lowest BCUT2D eigenvalue weighted by molar-refractivity contribution is -0.148. The van der Waals surface area contributed by atoms with Crippen molar-refractivity contribution in [2.45, 2.75) is 24.7 Å². The summed E-state index contributed by atoms with van der Waals surface area (Å²) in [5.74, 6) is -2.49. The summed E-state index contributed by atoms with van der Waals surface area (Å²) in [6.07, 6.45) is 3.04. The number of fused-ring (bicyclic) bond motifs is 1. The fourth-order valence-corrected chi connectivity index (χ4v) is 5.47. The summed E-state index contributed by atoms with van der Waals surface area (Å²) >= 11 is 0. The SMILES string of the molecule is Cc1ccccc1-n1nnnc1[C@H](c1ccccc1)N1C[C@@]23C=C[C@@H](O2)[C@@H](C(=O)O)[C@H]3C1=O. The number of likely N-dealkylation sites (tertiary alicyclic amines) is 1. The Hall–Kier alpha value is -3.85. The number of hydrogen-bond acceptors (Lipinski definition) is 6. The van der Waals surface area contributed by atoms with Crippen LogP contribution in [0.4, 0.5) is 0 Å². The minimum absolute atomic E-state index is 0.230. The summed E-state index contributed by atoms with van der Waals surface area (Å²) in [5.41, 5.74) is 1.68. The van der Waals surface area contributed by atoms with Crippen molar-refractivity contribution in [1.82, 2.24) is 25.1 Å². The number of carboxylic acid groups (broad SMARTS) is 1. The van der Waals surface area contributed by atoms with Crippen molar-refractivity contribution in [3.63, 3.8) is 0 Å². The lowest BCUT2D eigenvalue weighted by Crippen LogP contribution is -2.39. The van der Waals surface area contributed by atoms with Gasteiger partial charge in [0.05, 0.1) is 24.3 Å². The molecule has 1 N–H and O–H groups in total. The number of tetrazole rings is 1. The van der Waals surface area contributed by atoms with Crippen LogP contribution in [0.1, 0.15) is 23.0 Å². The molecule has 3 aromatic rings. The number of hydrogen-bond donors (Lipinski definition) is 1. The molecule has 3 aliphatic heterocycles. The van der Waals surface area contributed by atoms with Crippen molar-refractivity contribution < 1.29 is 19.4 Å². The first kappa shape index (κ1) is 19.8. The number of aliphatic carboxylic acids is 1. The maximum absolute atomic E-state index is 13.8. The molecule has 4 heterocycles. The molecule has 2 bridgehead atoms. The second-order valence-electron chi connectivity index (χ2n) is 8.75. The molecule has 0 unspecified atom stereocenters. The van der Waals surface area contributed by atoms with Crippen LogP contribution in [0.25, 0.3) is 5.69 Å².